The Balaban J connectivity index is 2.25. The number of anilines is 1. The molecule has 1 aromatic carbocycles. The first-order valence-electron chi connectivity index (χ1n) is 6.38. The molecule has 0 radical (unpaired) electrons. The third kappa shape index (κ3) is 3.17. The summed E-state index contributed by atoms with van der Waals surface area (Å²) >= 11 is 5.95. The van der Waals surface area contributed by atoms with Gasteiger partial charge < -0.3 is 9.82 Å². The van der Waals surface area contributed by atoms with Gasteiger partial charge in [-0.3, -0.25) is 14.1 Å². The molecule has 114 valence electrons. The Bertz CT molecular complexity index is 618. The van der Waals surface area contributed by atoms with Crippen LogP contribution in [-0.4, -0.2) is 36.3 Å². The van der Waals surface area contributed by atoms with Crippen LogP contribution in [0.5, 0.6) is 5.75 Å². The number of halogens is 1. The number of urea groups is 1. The van der Waals surface area contributed by atoms with E-state index in [0.29, 0.717) is 12.3 Å². The molecule has 1 aromatic rings. The highest BCUT2D eigenvalue weighted by Gasteiger charge is 2.37. The molecule has 1 atom stereocenters. The molecular formula is C13H17ClN3O3P. The molecule has 1 aliphatic rings. The van der Waals surface area contributed by atoms with E-state index in [1.54, 1.807) is 24.3 Å². The summed E-state index contributed by atoms with van der Waals surface area (Å²) in [6.45, 7) is 2.48. The number of carbonyl (C=O) groups is 1. The Hall–Kier alpha value is -1.65. The molecule has 0 aromatic heterocycles. The first kappa shape index (κ1) is 15.7. The van der Waals surface area contributed by atoms with E-state index in [0.717, 1.165) is 10.4 Å². The molecule has 0 bridgehead atoms. The molecule has 2 rings (SSSR count). The van der Waals surface area contributed by atoms with E-state index in [1.165, 1.54) is 24.8 Å². The highest BCUT2D eigenvalue weighted by molar-refractivity contribution is 7.67. The number of nitrogens with one attached hydrogen (secondary N) is 1. The summed E-state index contributed by atoms with van der Waals surface area (Å²) in [6, 6.07) is 6.58. The smallest absolute Gasteiger partial charge is 0.331 e. The summed E-state index contributed by atoms with van der Waals surface area (Å²) in [7, 11) is -0.250. The van der Waals surface area contributed by atoms with Crippen molar-refractivity contribution >= 4 is 30.8 Å². The number of hydrogen-bond donors (Lipinski definition) is 1. The standard InChI is InChI=1S/C13H17ClN3O3P/c1-4-20-11-7-5-10(6-8-11)15-21(19)9-12(14)16(2)13(18)17(21)3/h5-9H,4H2,1-3H3,(H,15,19)/t21-/m1/s1. The van der Waals surface area contributed by atoms with Gasteiger partial charge in [0.1, 0.15) is 10.9 Å². The van der Waals surface area contributed by atoms with Gasteiger partial charge in [0.15, 0.2) is 0 Å². The van der Waals surface area contributed by atoms with Gasteiger partial charge in [0.2, 0.25) is 0 Å². The van der Waals surface area contributed by atoms with Gasteiger partial charge in [0.25, 0.3) is 7.44 Å². The van der Waals surface area contributed by atoms with E-state index in [9.17, 15) is 9.36 Å². The maximum Gasteiger partial charge on any atom is 0.331 e. The third-order valence-corrected chi connectivity index (χ3v) is 5.82. The maximum atomic E-state index is 12.9. The molecule has 2 amide bonds. The van der Waals surface area contributed by atoms with E-state index in [4.69, 9.17) is 16.3 Å². The van der Waals surface area contributed by atoms with Crippen molar-refractivity contribution in [3.05, 3.63) is 35.2 Å². The fourth-order valence-electron chi connectivity index (χ4n) is 1.84. The number of carbonyl (C=O) groups excluding carboxylic acids is 1. The van der Waals surface area contributed by atoms with Gasteiger partial charge in [0.05, 0.1) is 12.4 Å². The molecule has 6 nitrogen and oxygen atoms in total. The number of rotatable bonds is 4. The number of benzene rings is 1. The van der Waals surface area contributed by atoms with Gasteiger partial charge in [0, 0.05) is 19.8 Å². The Morgan fingerprint density at radius 1 is 1.29 bits per heavy atom. The molecule has 1 heterocycles. The number of ether oxygens (including phenoxy) is 1. The van der Waals surface area contributed by atoms with Gasteiger partial charge in [-0.25, -0.2) is 4.79 Å². The van der Waals surface area contributed by atoms with Crippen molar-refractivity contribution in [3.8, 4) is 5.75 Å². The second kappa shape index (κ2) is 6.00. The minimum atomic E-state index is -3.25. The quantitative estimate of drug-likeness (QED) is 0.675. The zero-order valence-electron chi connectivity index (χ0n) is 12.0. The Morgan fingerprint density at radius 2 is 1.90 bits per heavy atom. The van der Waals surface area contributed by atoms with Crippen molar-refractivity contribution in [1.29, 1.82) is 0 Å². The normalized spacial score (nSPS) is 22.1. The van der Waals surface area contributed by atoms with Crippen LogP contribution in [0.15, 0.2) is 35.2 Å². The molecule has 0 unspecified atom stereocenters. The molecule has 0 fully saturated rings. The van der Waals surface area contributed by atoms with Crippen molar-refractivity contribution in [2.45, 2.75) is 6.92 Å². The van der Waals surface area contributed by atoms with Crippen LogP contribution in [0.2, 0.25) is 0 Å². The summed E-state index contributed by atoms with van der Waals surface area (Å²) < 4.78 is 19.4. The van der Waals surface area contributed by atoms with Gasteiger partial charge in [-0.2, -0.15) is 0 Å². The highest BCUT2D eigenvalue weighted by Crippen LogP contribution is 2.54. The van der Waals surface area contributed by atoms with Crippen molar-refractivity contribution < 1.29 is 14.1 Å². The number of amides is 2. The van der Waals surface area contributed by atoms with E-state index < -0.39 is 13.5 Å². The number of nitrogens with zero attached hydrogens (tertiary/aromatic N) is 2. The minimum Gasteiger partial charge on any atom is -0.494 e. The highest BCUT2D eigenvalue weighted by atomic mass is 35.5. The molecule has 0 spiro atoms. The van der Waals surface area contributed by atoms with Crippen molar-refractivity contribution in [2.24, 2.45) is 0 Å². The van der Waals surface area contributed by atoms with Crippen LogP contribution in [0.25, 0.3) is 0 Å². The number of hydrogen-bond acceptors (Lipinski definition) is 3. The monoisotopic (exact) mass is 329 g/mol. The lowest BCUT2D eigenvalue weighted by atomic mass is 10.3. The zero-order chi connectivity index (χ0) is 15.6. The topological polar surface area (TPSA) is 61.9 Å². The van der Waals surface area contributed by atoms with Crippen LogP contribution in [0.3, 0.4) is 0 Å². The lowest BCUT2D eigenvalue weighted by molar-refractivity contribution is 0.205. The predicted molar refractivity (Wildman–Crippen MR) is 83.7 cm³/mol. The fraction of sp³-hybridized carbons (Fsp3) is 0.308. The average Bonchev–Trinajstić information content (AvgIpc) is 2.45. The van der Waals surface area contributed by atoms with Crippen molar-refractivity contribution in [3.63, 3.8) is 0 Å². The first-order chi connectivity index (χ1) is 9.87. The second-order valence-electron chi connectivity index (χ2n) is 4.51. The molecule has 1 N–H and O–H groups in total. The summed E-state index contributed by atoms with van der Waals surface area (Å²) in [6.07, 6.45) is 0. The summed E-state index contributed by atoms with van der Waals surface area (Å²) in [5.74, 6) is 2.09. The second-order valence-corrected chi connectivity index (χ2v) is 7.22. The fourth-order valence-corrected chi connectivity index (χ4v) is 4.06. The van der Waals surface area contributed by atoms with Crippen LogP contribution in [0.1, 0.15) is 6.92 Å². The SMILES string of the molecule is CCOc1ccc(N[P@]2(=O)C=C(Cl)N(C)C(=O)N2C)cc1. The first-order valence-corrected chi connectivity index (χ1v) is 8.49. The Labute approximate surface area is 128 Å². The van der Waals surface area contributed by atoms with Gasteiger partial charge >= 0.3 is 6.03 Å². The Morgan fingerprint density at radius 3 is 2.48 bits per heavy atom. The van der Waals surface area contributed by atoms with E-state index in [1.807, 2.05) is 6.92 Å². The maximum absolute atomic E-state index is 12.9. The van der Waals surface area contributed by atoms with E-state index in [-0.39, 0.29) is 5.16 Å². The third-order valence-electron chi connectivity index (χ3n) is 3.07. The van der Waals surface area contributed by atoms with Crippen LogP contribution < -0.4 is 9.82 Å². The van der Waals surface area contributed by atoms with Gasteiger partial charge in [-0.05, 0) is 31.2 Å². The predicted octanol–water partition coefficient (Wildman–Crippen LogP) is 3.73. The van der Waals surface area contributed by atoms with Crippen LogP contribution >= 0.6 is 19.0 Å². The molecular weight excluding hydrogens is 313 g/mol. The van der Waals surface area contributed by atoms with Gasteiger partial charge in [-0.1, -0.05) is 11.6 Å². The molecule has 0 saturated carbocycles. The van der Waals surface area contributed by atoms with Gasteiger partial charge in [-0.15, -0.1) is 0 Å². The molecule has 8 heteroatoms. The largest absolute Gasteiger partial charge is 0.494 e. The summed E-state index contributed by atoms with van der Waals surface area (Å²) in [5.41, 5.74) is 0.617. The summed E-state index contributed by atoms with van der Waals surface area (Å²) in [4.78, 5) is 13.2. The van der Waals surface area contributed by atoms with E-state index >= 15 is 0 Å². The molecule has 0 saturated heterocycles. The Kier molecular flexibility index (Phi) is 4.49. The van der Waals surface area contributed by atoms with Crippen LogP contribution in [-0.2, 0) is 4.57 Å². The van der Waals surface area contributed by atoms with Crippen LogP contribution in [0.4, 0.5) is 10.5 Å². The summed E-state index contributed by atoms with van der Waals surface area (Å²) in [5, 5.41) is 3.01. The molecule has 0 aliphatic carbocycles. The molecule has 21 heavy (non-hydrogen) atoms. The molecule has 1 aliphatic heterocycles. The zero-order valence-corrected chi connectivity index (χ0v) is 13.7. The van der Waals surface area contributed by atoms with Crippen molar-refractivity contribution in [2.75, 3.05) is 25.8 Å². The van der Waals surface area contributed by atoms with Crippen LogP contribution in [0, 0.1) is 0 Å². The van der Waals surface area contributed by atoms with Crippen molar-refractivity contribution in [1.82, 2.24) is 9.57 Å². The van der Waals surface area contributed by atoms with E-state index in [2.05, 4.69) is 5.09 Å². The lowest BCUT2D eigenvalue weighted by Crippen LogP contribution is -2.39. The lowest BCUT2D eigenvalue weighted by Gasteiger charge is -2.35. The average molecular weight is 330 g/mol. The minimum absolute atomic E-state index is 0.139.